The number of hydrogen-bond donors (Lipinski definition) is 0. The lowest BCUT2D eigenvalue weighted by atomic mass is 9.75. The van der Waals surface area contributed by atoms with Crippen LogP contribution in [-0.2, 0) is 18.0 Å². The highest BCUT2D eigenvalue weighted by Gasteiger charge is 2.59. The molecule has 0 N–H and O–H groups in total. The summed E-state index contributed by atoms with van der Waals surface area (Å²) in [5.41, 5.74) is -2.41. The topological polar surface area (TPSA) is 69.3 Å². The Morgan fingerprint density at radius 1 is 1.06 bits per heavy atom. The maximum Gasteiger partial charge on any atom is 0.417 e. The number of fused-ring (bicyclic) bond motifs is 1. The second kappa shape index (κ2) is 7.40. The molecule has 2 heterocycles. The normalized spacial score (nSPS) is 17.4. The molecule has 34 heavy (non-hydrogen) atoms. The van der Waals surface area contributed by atoms with Crippen molar-refractivity contribution in [1.82, 2.24) is 4.57 Å². The molecule has 1 aliphatic heterocycles. The lowest BCUT2D eigenvalue weighted by molar-refractivity contribution is -0.137. The Hall–Kier alpha value is -3.71. The fourth-order valence-corrected chi connectivity index (χ4v) is 5.14. The summed E-state index contributed by atoms with van der Waals surface area (Å²) in [4.78, 5) is 29.0. The lowest BCUT2D eigenvalue weighted by Crippen LogP contribution is -2.55. The molecule has 0 unspecified atom stereocenters. The van der Waals surface area contributed by atoms with Gasteiger partial charge < -0.3 is 9.47 Å². The number of halogens is 3. The van der Waals surface area contributed by atoms with Crippen LogP contribution in [0.1, 0.15) is 30.4 Å². The van der Waals surface area contributed by atoms with Crippen LogP contribution < -0.4 is 15.4 Å². The molecular formula is C24H17F3N4O2S. The monoisotopic (exact) mass is 482 g/mol. The standard InChI is InChI=1S/C24H17F3N4O2S/c1-29-10-7-14-3-6-17(11-18(14)20(29)32)31-22(34)30(21(33)23(31)8-2-9-23)16-5-4-15(13-28)19(12-16)24(25,26)27/h3-7,10-12H,2,8-9H2,1H3. The number of carbonyl (C=O) groups excluding carboxylic acids is 1. The first-order valence-electron chi connectivity index (χ1n) is 10.5. The molecular weight excluding hydrogens is 465 g/mol. The van der Waals surface area contributed by atoms with Crippen molar-refractivity contribution in [3.63, 3.8) is 0 Å². The van der Waals surface area contributed by atoms with Crippen molar-refractivity contribution < 1.29 is 18.0 Å². The van der Waals surface area contributed by atoms with Crippen molar-refractivity contribution in [2.24, 2.45) is 7.05 Å². The molecule has 1 aliphatic carbocycles. The average molecular weight is 482 g/mol. The first-order chi connectivity index (χ1) is 16.1. The zero-order valence-corrected chi connectivity index (χ0v) is 18.7. The fourth-order valence-electron chi connectivity index (χ4n) is 4.68. The number of amides is 1. The lowest BCUT2D eigenvalue weighted by Gasteiger charge is -2.43. The van der Waals surface area contributed by atoms with Crippen molar-refractivity contribution in [2.75, 3.05) is 9.80 Å². The number of rotatable bonds is 2. The van der Waals surface area contributed by atoms with E-state index in [9.17, 15) is 22.8 Å². The largest absolute Gasteiger partial charge is 0.417 e. The first-order valence-corrected chi connectivity index (χ1v) is 10.9. The fraction of sp³-hybridized carbons (Fsp3) is 0.250. The molecule has 2 fully saturated rings. The number of alkyl halides is 3. The van der Waals surface area contributed by atoms with Gasteiger partial charge in [0.1, 0.15) is 5.54 Å². The third kappa shape index (κ3) is 3.04. The number of nitriles is 1. The van der Waals surface area contributed by atoms with Crippen LogP contribution in [0.15, 0.2) is 53.5 Å². The molecule has 0 atom stereocenters. The number of aromatic nitrogens is 1. The smallest absolute Gasteiger partial charge is 0.318 e. The van der Waals surface area contributed by atoms with Crippen LogP contribution in [-0.4, -0.2) is 21.1 Å². The quantitative estimate of drug-likeness (QED) is 0.504. The van der Waals surface area contributed by atoms with Crippen LogP contribution in [0.4, 0.5) is 24.5 Å². The maximum absolute atomic E-state index is 13.6. The van der Waals surface area contributed by atoms with Crippen molar-refractivity contribution in [1.29, 1.82) is 5.26 Å². The number of hydrogen-bond acceptors (Lipinski definition) is 4. The van der Waals surface area contributed by atoms with E-state index < -0.39 is 28.7 Å². The summed E-state index contributed by atoms with van der Waals surface area (Å²) in [6.45, 7) is 0. The van der Waals surface area contributed by atoms with E-state index in [4.69, 9.17) is 17.5 Å². The second-order valence-electron chi connectivity index (χ2n) is 8.49. The molecule has 3 aromatic rings. The third-order valence-corrected chi connectivity index (χ3v) is 6.97. The van der Waals surface area contributed by atoms with Gasteiger partial charge in [-0.3, -0.25) is 14.5 Å². The van der Waals surface area contributed by atoms with E-state index in [-0.39, 0.29) is 16.4 Å². The molecule has 1 saturated carbocycles. The van der Waals surface area contributed by atoms with Crippen LogP contribution in [0.3, 0.4) is 0 Å². The van der Waals surface area contributed by atoms with E-state index in [0.29, 0.717) is 23.9 Å². The number of thiocarbonyl (C=S) groups is 1. The summed E-state index contributed by atoms with van der Waals surface area (Å²) in [5, 5.41) is 10.3. The molecule has 1 saturated heterocycles. The van der Waals surface area contributed by atoms with Crippen LogP contribution in [0, 0.1) is 11.3 Å². The second-order valence-corrected chi connectivity index (χ2v) is 8.85. The number of pyridine rings is 1. The van der Waals surface area contributed by atoms with E-state index in [1.165, 1.54) is 10.6 Å². The summed E-state index contributed by atoms with van der Waals surface area (Å²) >= 11 is 5.63. The number of anilines is 2. The summed E-state index contributed by atoms with van der Waals surface area (Å²) in [7, 11) is 1.64. The van der Waals surface area contributed by atoms with Crippen LogP contribution >= 0.6 is 12.2 Å². The van der Waals surface area contributed by atoms with Crippen LogP contribution in [0.25, 0.3) is 10.8 Å². The molecule has 10 heteroatoms. The van der Waals surface area contributed by atoms with Gasteiger partial charge in [-0.25, -0.2) is 0 Å². The minimum atomic E-state index is -4.77. The van der Waals surface area contributed by atoms with Gasteiger partial charge in [-0.15, -0.1) is 0 Å². The van der Waals surface area contributed by atoms with Gasteiger partial charge in [-0.05, 0) is 73.3 Å². The Bertz CT molecular complexity index is 1480. The number of nitrogens with zero attached hydrogens (tertiary/aromatic N) is 4. The molecule has 5 rings (SSSR count). The van der Waals surface area contributed by atoms with Crippen molar-refractivity contribution in [3.05, 3.63) is 70.1 Å². The molecule has 1 aromatic heterocycles. The van der Waals surface area contributed by atoms with Crippen LogP contribution in [0.5, 0.6) is 0 Å². The van der Waals surface area contributed by atoms with E-state index in [1.807, 2.05) is 0 Å². The Morgan fingerprint density at radius 3 is 2.38 bits per heavy atom. The SMILES string of the molecule is Cn1ccc2ccc(N3C(=S)N(c4ccc(C#N)c(C(F)(F)F)c4)C(=O)C34CCC4)cc2c1=O. The molecule has 6 nitrogen and oxygen atoms in total. The predicted octanol–water partition coefficient (Wildman–Crippen LogP) is 4.49. The van der Waals surface area contributed by atoms with Gasteiger partial charge in [0.05, 0.1) is 22.9 Å². The minimum Gasteiger partial charge on any atom is -0.318 e. The van der Waals surface area contributed by atoms with Crippen LogP contribution in [0.2, 0.25) is 0 Å². The number of carbonyl (C=O) groups is 1. The highest BCUT2D eigenvalue weighted by Crippen LogP contribution is 2.48. The molecule has 0 bridgehead atoms. The maximum atomic E-state index is 13.6. The zero-order chi connectivity index (χ0) is 24.4. The van der Waals surface area contributed by atoms with E-state index >= 15 is 0 Å². The van der Waals surface area contributed by atoms with Gasteiger partial charge in [-0.1, -0.05) is 6.07 Å². The van der Waals surface area contributed by atoms with Gasteiger partial charge in [0.25, 0.3) is 11.5 Å². The summed E-state index contributed by atoms with van der Waals surface area (Å²) in [6, 6.07) is 11.7. The highest BCUT2D eigenvalue weighted by atomic mass is 32.1. The summed E-state index contributed by atoms with van der Waals surface area (Å²) in [5.74, 6) is -0.414. The van der Waals surface area contributed by atoms with Crippen molar-refractivity contribution in [2.45, 2.75) is 31.0 Å². The molecule has 1 spiro atoms. The Labute approximate surface area is 197 Å². The minimum absolute atomic E-state index is 0.0367. The van der Waals surface area contributed by atoms with Gasteiger partial charge in [-0.2, -0.15) is 18.4 Å². The first kappa shape index (κ1) is 22.1. The summed E-state index contributed by atoms with van der Waals surface area (Å²) in [6.07, 6.45) is -1.38. The van der Waals surface area contributed by atoms with Crippen molar-refractivity contribution >= 4 is 45.4 Å². The molecule has 1 amide bonds. The van der Waals surface area contributed by atoms with Crippen molar-refractivity contribution in [3.8, 4) is 6.07 Å². The Kier molecular flexibility index (Phi) is 4.81. The van der Waals surface area contributed by atoms with E-state index in [1.54, 1.807) is 48.5 Å². The van der Waals surface area contributed by atoms with Gasteiger partial charge in [0, 0.05) is 24.3 Å². The molecule has 2 aromatic carbocycles. The third-order valence-electron chi connectivity index (χ3n) is 6.60. The zero-order valence-electron chi connectivity index (χ0n) is 17.9. The van der Waals surface area contributed by atoms with Gasteiger partial charge in [0.2, 0.25) is 0 Å². The number of benzene rings is 2. The highest BCUT2D eigenvalue weighted by molar-refractivity contribution is 7.81. The Morgan fingerprint density at radius 2 is 1.76 bits per heavy atom. The van der Waals surface area contributed by atoms with E-state index in [2.05, 4.69) is 0 Å². The van der Waals surface area contributed by atoms with Gasteiger partial charge >= 0.3 is 6.18 Å². The molecule has 2 aliphatic rings. The predicted molar refractivity (Wildman–Crippen MR) is 124 cm³/mol. The van der Waals surface area contributed by atoms with E-state index in [0.717, 1.165) is 28.8 Å². The average Bonchev–Trinajstić information content (AvgIpc) is 3.02. The number of aryl methyl sites for hydroxylation is 1. The van der Waals surface area contributed by atoms with Gasteiger partial charge in [0.15, 0.2) is 5.11 Å². The Balaban J connectivity index is 1.65. The molecule has 0 radical (unpaired) electrons. The summed E-state index contributed by atoms with van der Waals surface area (Å²) < 4.78 is 42.1. The molecule has 172 valence electrons.